The zero-order valence-corrected chi connectivity index (χ0v) is 34.5. The van der Waals surface area contributed by atoms with Gasteiger partial charge in [-0.15, -0.1) is 0 Å². The zero-order chi connectivity index (χ0) is 40.8. The minimum atomic E-state index is -4.00. The molecule has 0 unspecified atom stereocenters. The highest BCUT2D eigenvalue weighted by molar-refractivity contribution is 7.91. The molecule has 2 aliphatic carbocycles. The first kappa shape index (κ1) is 41.2. The second kappa shape index (κ2) is 15.5. The summed E-state index contributed by atoms with van der Waals surface area (Å²) in [5.74, 6) is -1.55. The molecule has 2 aliphatic heterocycles. The van der Waals surface area contributed by atoms with E-state index in [0.29, 0.717) is 42.7 Å². The molecule has 0 spiro atoms. The van der Waals surface area contributed by atoms with Gasteiger partial charge in [0.15, 0.2) is 0 Å². The topological polar surface area (TPSA) is 182 Å². The van der Waals surface area contributed by atoms with Crippen LogP contribution >= 0.6 is 0 Å². The van der Waals surface area contributed by atoms with E-state index in [0.717, 1.165) is 11.8 Å². The Labute approximate surface area is 329 Å². The van der Waals surface area contributed by atoms with E-state index in [-0.39, 0.29) is 37.3 Å². The number of alkyl carbamates (subject to hydrolysis) is 1. The molecule has 4 aliphatic rings. The van der Waals surface area contributed by atoms with E-state index < -0.39 is 73.8 Å². The fourth-order valence-electron chi connectivity index (χ4n) is 7.76. The SMILES string of the molecule is CC(C)Oc1ccc2c(O[C@@H]3C[C@H]4C(=O)N[C@]5(C(=O)NS(=O)(=O)C6(C)CC6)C[C@H]5/C=C\CC[C@H](C)C[C@@H](C)[C@H](NC(=O)OC(C)(C)C)C(=O)N4C3)nccc2c1. The van der Waals surface area contributed by atoms with Crippen LogP contribution in [0.1, 0.15) is 100 Å². The molecule has 2 saturated carbocycles. The predicted molar refractivity (Wildman–Crippen MR) is 210 cm³/mol. The van der Waals surface area contributed by atoms with Gasteiger partial charge >= 0.3 is 6.09 Å². The van der Waals surface area contributed by atoms with E-state index in [1.54, 1.807) is 33.9 Å². The highest BCUT2D eigenvalue weighted by Crippen LogP contribution is 2.47. The fourth-order valence-corrected chi connectivity index (χ4v) is 9.07. The van der Waals surface area contributed by atoms with Crippen LogP contribution in [0.2, 0.25) is 0 Å². The highest BCUT2D eigenvalue weighted by Gasteiger charge is 2.63. The first-order valence-corrected chi connectivity index (χ1v) is 21.3. The Hall–Kier alpha value is -4.40. The third-order valence-corrected chi connectivity index (χ3v) is 13.4. The van der Waals surface area contributed by atoms with Crippen molar-refractivity contribution in [2.75, 3.05) is 6.54 Å². The molecule has 6 rings (SSSR count). The normalized spacial score (nSPS) is 29.8. The van der Waals surface area contributed by atoms with Gasteiger partial charge in [-0.3, -0.25) is 19.1 Å². The van der Waals surface area contributed by atoms with E-state index in [1.165, 1.54) is 4.90 Å². The summed E-state index contributed by atoms with van der Waals surface area (Å²) in [6.45, 7) is 14.6. The van der Waals surface area contributed by atoms with Gasteiger partial charge in [0, 0.05) is 23.9 Å². The summed E-state index contributed by atoms with van der Waals surface area (Å²) in [4.78, 5) is 62.4. The Morgan fingerprint density at radius 2 is 1.82 bits per heavy atom. The molecule has 4 amide bonds. The fraction of sp³-hybridized carbons (Fsp3) is 0.634. The maximum atomic E-state index is 14.8. The monoisotopic (exact) mass is 795 g/mol. The number of rotatable bonds is 8. The van der Waals surface area contributed by atoms with Crippen molar-refractivity contribution in [2.24, 2.45) is 17.8 Å². The minimum absolute atomic E-state index is 0.0180. The average Bonchev–Trinajstić information content (AvgIpc) is 3.97. The zero-order valence-electron chi connectivity index (χ0n) is 33.7. The van der Waals surface area contributed by atoms with Crippen LogP contribution in [-0.4, -0.2) is 88.8 Å². The molecule has 0 bridgehead atoms. The molecule has 2 aromatic rings. The van der Waals surface area contributed by atoms with Gasteiger partial charge in [0.2, 0.25) is 27.7 Å². The van der Waals surface area contributed by atoms with Crippen LogP contribution in [-0.2, 0) is 29.1 Å². The van der Waals surface area contributed by atoms with Gasteiger partial charge in [-0.05, 0) is 122 Å². The van der Waals surface area contributed by atoms with Crippen molar-refractivity contribution < 1.29 is 41.8 Å². The van der Waals surface area contributed by atoms with Crippen molar-refractivity contribution in [1.29, 1.82) is 0 Å². The highest BCUT2D eigenvalue weighted by atomic mass is 32.2. The van der Waals surface area contributed by atoms with Gasteiger partial charge < -0.3 is 29.7 Å². The Morgan fingerprint density at radius 3 is 2.50 bits per heavy atom. The summed E-state index contributed by atoms with van der Waals surface area (Å²) >= 11 is 0. The third-order valence-electron chi connectivity index (χ3n) is 11.3. The second-order valence-electron chi connectivity index (χ2n) is 17.8. The maximum absolute atomic E-state index is 14.8. The number of hydrogen-bond acceptors (Lipinski definition) is 10. The molecule has 7 atom stereocenters. The minimum Gasteiger partial charge on any atom is -0.491 e. The molecule has 15 heteroatoms. The van der Waals surface area contributed by atoms with E-state index >= 15 is 0 Å². The largest absolute Gasteiger partial charge is 0.491 e. The van der Waals surface area contributed by atoms with Crippen molar-refractivity contribution in [1.82, 2.24) is 25.2 Å². The third kappa shape index (κ3) is 9.08. The Bertz CT molecular complexity index is 1990. The van der Waals surface area contributed by atoms with Gasteiger partial charge in [-0.25, -0.2) is 18.2 Å². The summed E-state index contributed by atoms with van der Waals surface area (Å²) in [7, 11) is -4.00. The Morgan fingerprint density at radius 1 is 1.09 bits per heavy atom. The van der Waals surface area contributed by atoms with Crippen molar-refractivity contribution in [2.45, 2.75) is 141 Å². The number of nitrogens with one attached hydrogen (secondary N) is 3. The number of ether oxygens (including phenoxy) is 3. The van der Waals surface area contributed by atoms with E-state index in [9.17, 15) is 27.6 Å². The number of nitrogens with zero attached hydrogens (tertiary/aromatic N) is 2. The standard InChI is InChI=1S/C41H57N5O9S/c1-24(2)53-29-13-14-31-27(20-29)15-18-42-35(31)54-30-21-32-34(47)44-41(37(49)45-56(51,52)40(8)16-17-40)22-28(41)12-10-9-11-25(3)19-26(4)33(36(48)46(32)23-30)43-38(50)55-39(5,6)7/h10,12-15,18,20,24-26,28,30,32-33H,9,11,16-17,19,21-23H2,1-8H3,(H,43,50)(H,44,47)(H,45,49)/b12-10-/t25-,26+,28+,30+,32-,33-,41+/m0/s1. The van der Waals surface area contributed by atoms with Crippen molar-refractivity contribution in [3.8, 4) is 11.6 Å². The lowest BCUT2D eigenvalue weighted by Crippen LogP contribution is -2.59. The molecule has 3 fully saturated rings. The Kier molecular flexibility index (Phi) is 11.4. The lowest BCUT2D eigenvalue weighted by atomic mass is 9.88. The number of sulfonamides is 1. The smallest absolute Gasteiger partial charge is 0.408 e. The summed E-state index contributed by atoms with van der Waals surface area (Å²) in [6, 6.07) is 5.24. The molecular weight excluding hydrogens is 739 g/mol. The van der Waals surface area contributed by atoms with Crippen LogP contribution in [0.3, 0.4) is 0 Å². The number of hydrogen-bond donors (Lipinski definition) is 3. The van der Waals surface area contributed by atoms with Crippen LogP contribution in [0.4, 0.5) is 4.79 Å². The lowest BCUT2D eigenvalue weighted by molar-refractivity contribution is -0.142. The summed E-state index contributed by atoms with van der Waals surface area (Å²) in [6.07, 6.45) is 7.13. The van der Waals surface area contributed by atoms with E-state index in [1.807, 2.05) is 57.2 Å². The first-order valence-electron chi connectivity index (χ1n) is 19.8. The molecule has 0 radical (unpaired) electrons. The van der Waals surface area contributed by atoms with Gasteiger partial charge in [-0.2, -0.15) is 0 Å². The van der Waals surface area contributed by atoms with Crippen LogP contribution in [0.15, 0.2) is 42.6 Å². The number of benzene rings is 1. The van der Waals surface area contributed by atoms with Gasteiger partial charge in [0.1, 0.15) is 35.1 Å². The molecule has 1 aromatic heterocycles. The Balaban J connectivity index is 1.34. The molecule has 3 heterocycles. The summed E-state index contributed by atoms with van der Waals surface area (Å²) in [5, 5.41) is 7.27. The first-order chi connectivity index (χ1) is 26.2. The molecular formula is C41H57N5O9S. The number of carbonyl (C=O) groups is 4. The molecule has 3 N–H and O–H groups in total. The molecule has 14 nitrogen and oxygen atoms in total. The number of pyridine rings is 1. The van der Waals surface area contributed by atoms with Crippen LogP contribution in [0.5, 0.6) is 11.6 Å². The molecule has 56 heavy (non-hydrogen) atoms. The predicted octanol–water partition coefficient (Wildman–Crippen LogP) is 5.15. The number of amides is 4. The second-order valence-corrected chi connectivity index (χ2v) is 19.9. The summed E-state index contributed by atoms with van der Waals surface area (Å²) < 4.78 is 45.6. The van der Waals surface area contributed by atoms with Crippen molar-refractivity contribution >= 4 is 44.6 Å². The van der Waals surface area contributed by atoms with Gasteiger partial charge in [0.05, 0.1) is 17.4 Å². The maximum Gasteiger partial charge on any atom is 0.408 e. The number of aromatic nitrogens is 1. The van der Waals surface area contributed by atoms with E-state index in [2.05, 4.69) is 27.3 Å². The van der Waals surface area contributed by atoms with Gasteiger partial charge in [0.25, 0.3) is 5.91 Å². The summed E-state index contributed by atoms with van der Waals surface area (Å²) in [5.41, 5.74) is -2.35. The van der Waals surface area contributed by atoms with Crippen LogP contribution < -0.4 is 24.8 Å². The van der Waals surface area contributed by atoms with Crippen molar-refractivity contribution in [3.05, 3.63) is 42.6 Å². The quantitative estimate of drug-likeness (QED) is 0.303. The molecule has 306 valence electrons. The number of allylic oxidation sites excluding steroid dienone is 1. The van der Waals surface area contributed by atoms with Crippen molar-refractivity contribution in [3.63, 3.8) is 0 Å². The van der Waals surface area contributed by atoms with Crippen LogP contribution in [0, 0.1) is 17.8 Å². The number of fused-ring (bicyclic) bond motifs is 3. The average molecular weight is 796 g/mol. The van der Waals surface area contributed by atoms with Crippen LogP contribution in [0.25, 0.3) is 10.8 Å². The lowest BCUT2D eigenvalue weighted by Gasteiger charge is -2.33. The number of carbonyl (C=O) groups excluding carboxylic acids is 4. The molecule has 1 saturated heterocycles. The van der Waals surface area contributed by atoms with Gasteiger partial charge in [-0.1, -0.05) is 26.0 Å². The molecule has 1 aromatic carbocycles. The van der Waals surface area contributed by atoms with E-state index in [4.69, 9.17) is 14.2 Å².